The van der Waals surface area contributed by atoms with Gasteiger partial charge in [-0.15, -0.1) is 0 Å². The predicted molar refractivity (Wildman–Crippen MR) is 188 cm³/mol. The zero-order chi connectivity index (χ0) is 37.5. The molecule has 0 unspecified atom stereocenters. The molecule has 312 valence electrons. The molecule has 0 radical (unpaired) electrons. The maximum absolute atomic E-state index is 8.84. The molecule has 50 heavy (non-hydrogen) atoms. The molecule has 18 nitrogen and oxygen atoms in total. The van der Waals surface area contributed by atoms with E-state index < -0.39 is 5.41 Å². The smallest absolute Gasteiger partial charge is 0.0700 e. The Morgan fingerprint density at radius 2 is 0.600 bits per heavy atom. The maximum Gasteiger partial charge on any atom is 0.0700 e. The Morgan fingerprint density at radius 1 is 0.360 bits per heavy atom. The Labute approximate surface area is 301 Å². The highest BCUT2D eigenvalue weighted by Gasteiger charge is 2.32. The highest BCUT2D eigenvalue weighted by molar-refractivity contribution is 4.79. The van der Waals surface area contributed by atoms with Crippen LogP contribution in [0.1, 0.15) is 8.85 Å². The second kappa shape index (κ2) is 55.0. The van der Waals surface area contributed by atoms with Gasteiger partial charge in [0.05, 0.1) is 171 Å². The number of methoxy groups -OCH3 is 4. The minimum Gasteiger partial charge on any atom is -0.394 e. The number of aliphatic hydroxyl groups is 7. The van der Waals surface area contributed by atoms with Gasteiger partial charge in [-0.1, -0.05) is 7.43 Å². The molecular formula is C32H76O18. The average molecular weight is 749 g/mol. The molecule has 0 amide bonds. The van der Waals surface area contributed by atoms with Gasteiger partial charge < -0.3 is 87.9 Å². The van der Waals surface area contributed by atoms with Gasteiger partial charge in [0.2, 0.25) is 0 Å². The third kappa shape index (κ3) is 51.6. The van der Waals surface area contributed by atoms with E-state index in [1.165, 1.54) is 0 Å². The molecule has 0 fully saturated rings. The molecule has 0 aliphatic rings. The van der Waals surface area contributed by atoms with Crippen molar-refractivity contribution in [2.24, 2.45) is 11.3 Å². The van der Waals surface area contributed by atoms with E-state index in [2.05, 4.69) is 9.47 Å². The molecule has 0 aromatic carbocycles. The first-order chi connectivity index (χ1) is 23.9. The van der Waals surface area contributed by atoms with E-state index in [9.17, 15) is 0 Å². The summed E-state index contributed by atoms with van der Waals surface area (Å²) in [5, 5.41) is 59.6. The lowest BCUT2D eigenvalue weighted by Crippen LogP contribution is -2.42. The van der Waals surface area contributed by atoms with Crippen molar-refractivity contribution in [1.82, 2.24) is 0 Å². The minimum absolute atomic E-state index is 0. The molecule has 0 aromatic rings. The first-order valence-electron chi connectivity index (χ1n) is 16.2. The molecule has 0 heterocycles. The van der Waals surface area contributed by atoms with Crippen LogP contribution >= 0.6 is 0 Å². The fourth-order valence-electron chi connectivity index (χ4n) is 3.09. The summed E-state index contributed by atoms with van der Waals surface area (Å²) in [6, 6.07) is 0. The summed E-state index contributed by atoms with van der Waals surface area (Å²) in [6.07, 6.45) is 0. The summed E-state index contributed by atoms with van der Waals surface area (Å²) in [5.41, 5.74) is -0.576. The van der Waals surface area contributed by atoms with Crippen LogP contribution in [0.25, 0.3) is 0 Å². The molecule has 18 heteroatoms. The molecule has 0 bridgehead atoms. The first-order valence-corrected chi connectivity index (χ1v) is 16.2. The van der Waals surface area contributed by atoms with Gasteiger partial charge in [0, 0.05) is 35.8 Å². The van der Waals surface area contributed by atoms with Crippen LogP contribution in [0.3, 0.4) is 0 Å². The average Bonchev–Trinajstić information content (AvgIpc) is 3.10. The molecule has 0 aliphatic carbocycles. The molecule has 0 saturated heterocycles. The van der Waals surface area contributed by atoms with E-state index in [-0.39, 0.29) is 101 Å². The Morgan fingerprint density at radius 3 is 0.860 bits per heavy atom. The first kappa shape index (κ1) is 58.6. The topological polar surface area (TPSA) is 243 Å². The van der Waals surface area contributed by atoms with Crippen LogP contribution in [-0.4, -0.2) is 229 Å². The zero-order valence-electron chi connectivity index (χ0n) is 30.4. The standard InChI is InChI=1S/C14H30O8.C11H24O6.2C3H8O2.CH4.H2/c1-18-8-9-22-13-14(10-19-5-2-15,11-20-6-3-16)12-21-7-4-17;1-14-6-7-17-10-11(8-15-4-2-12)9-16-5-3-13;2*1-5-3-2-4;;/h15-17H,2-13H2,1H3;11-13H,2-10H2,1H3;2*4H,2-3H2,1H3;1H4;1H. The Hall–Kier alpha value is -0.720. The van der Waals surface area contributed by atoms with Crippen LogP contribution in [0.4, 0.5) is 0 Å². The number of ether oxygens (including phenoxy) is 11. The van der Waals surface area contributed by atoms with Gasteiger partial charge in [0.15, 0.2) is 0 Å². The number of hydrogen-bond acceptors (Lipinski definition) is 18. The van der Waals surface area contributed by atoms with Crippen molar-refractivity contribution in [2.45, 2.75) is 7.43 Å². The maximum atomic E-state index is 8.84. The monoisotopic (exact) mass is 749 g/mol. The van der Waals surface area contributed by atoms with Gasteiger partial charge in [-0.2, -0.15) is 0 Å². The highest BCUT2D eigenvalue weighted by atomic mass is 16.5. The summed E-state index contributed by atoms with van der Waals surface area (Å²) in [7, 11) is 6.32. The summed E-state index contributed by atoms with van der Waals surface area (Å²) >= 11 is 0. The molecular weight excluding hydrogens is 672 g/mol. The largest absolute Gasteiger partial charge is 0.394 e. The van der Waals surface area contributed by atoms with E-state index >= 15 is 0 Å². The van der Waals surface area contributed by atoms with Crippen LogP contribution < -0.4 is 0 Å². The lowest BCUT2D eigenvalue weighted by atomic mass is 9.92. The third-order valence-corrected chi connectivity index (χ3v) is 5.33. The highest BCUT2D eigenvalue weighted by Crippen LogP contribution is 2.20. The molecule has 0 spiro atoms. The lowest BCUT2D eigenvalue weighted by Gasteiger charge is -2.32. The van der Waals surface area contributed by atoms with Crippen LogP contribution in [-0.2, 0) is 52.1 Å². The van der Waals surface area contributed by atoms with Crippen molar-refractivity contribution < 1.29 is 89.3 Å². The fraction of sp³-hybridized carbons (Fsp3) is 1.00. The molecule has 7 N–H and O–H groups in total. The fourth-order valence-corrected chi connectivity index (χ4v) is 3.09. The molecule has 0 atom stereocenters. The van der Waals surface area contributed by atoms with E-state index in [4.69, 9.17) is 78.4 Å². The van der Waals surface area contributed by atoms with Gasteiger partial charge in [0.25, 0.3) is 0 Å². The van der Waals surface area contributed by atoms with Crippen LogP contribution in [0.15, 0.2) is 0 Å². The van der Waals surface area contributed by atoms with E-state index in [1.807, 2.05) is 0 Å². The third-order valence-electron chi connectivity index (χ3n) is 5.33. The quantitative estimate of drug-likeness (QED) is 0.0355. The summed E-state index contributed by atoms with van der Waals surface area (Å²) < 4.78 is 56.4. The SMILES string of the molecule is C.COCCO.COCCO.COCCOCC(COCCO)(COCCO)COCCO.COCCOCC(COCCO)COCCO.[HH]. The van der Waals surface area contributed by atoms with Crippen molar-refractivity contribution in [2.75, 3.05) is 194 Å². The van der Waals surface area contributed by atoms with Crippen LogP contribution in [0.5, 0.6) is 0 Å². The summed E-state index contributed by atoms with van der Waals surface area (Å²) in [4.78, 5) is 0. The van der Waals surface area contributed by atoms with Crippen molar-refractivity contribution in [3.63, 3.8) is 0 Å². The lowest BCUT2D eigenvalue weighted by molar-refractivity contribution is -0.116. The number of aliphatic hydroxyl groups excluding tert-OH is 7. The van der Waals surface area contributed by atoms with Gasteiger partial charge in [-0.3, -0.25) is 0 Å². The number of rotatable bonds is 34. The minimum atomic E-state index is -0.576. The van der Waals surface area contributed by atoms with Crippen molar-refractivity contribution in [3.05, 3.63) is 0 Å². The zero-order valence-corrected chi connectivity index (χ0v) is 30.4. The van der Waals surface area contributed by atoms with E-state index in [0.717, 1.165) is 0 Å². The summed E-state index contributed by atoms with van der Waals surface area (Å²) in [6.45, 7) is 6.78. The molecule has 0 aromatic heterocycles. The number of hydrogen-bond donors (Lipinski definition) is 7. The second-order valence-corrected chi connectivity index (χ2v) is 9.84. The Balaban J connectivity index is -0.000000154. The van der Waals surface area contributed by atoms with E-state index in [0.29, 0.717) is 79.3 Å². The van der Waals surface area contributed by atoms with Crippen LogP contribution in [0.2, 0.25) is 0 Å². The Bertz CT molecular complexity index is 500. The van der Waals surface area contributed by atoms with Crippen LogP contribution in [0, 0.1) is 11.3 Å². The van der Waals surface area contributed by atoms with Gasteiger partial charge in [0.1, 0.15) is 0 Å². The van der Waals surface area contributed by atoms with Gasteiger partial charge >= 0.3 is 0 Å². The second-order valence-electron chi connectivity index (χ2n) is 9.84. The summed E-state index contributed by atoms with van der Waals surface area (Å²) in [5.74, 6) is 0.102. The predicted octanol–water partition coefficient (Wildman–Crippen LogP) is -1.92. The van der Waals surface area contributed by atoms with Crippen molar-refractivity contribution in [1.29, 1.82) is 0 Å². The van der Waals surface area contributed by atoms with E-state index in [1.54, 1.807) is 28.4 Å². The van der Waals surface area contributed by atoms with Crippen molar-refractivity contribution >= 4 is 0 Å². The molecule has 0 rings (SSSR count). The van der Waals surface area contributed by atoms with Gasteiger partial charge in [-0.25, -0.2) is 0 Å². The molecule has 0 saturated carbocycles. The van der Waals surface area contributed by atoms with Crippen molar-refractivity contribution in [3.8, 4) is 0 Å². The Kier molecular flexibility index (Phi) is 64.5. The molecule has 0 aliphatic heterocycles. The normalized spacial score (nSPS) is 10.8. The van der Waals surface area contributed by atoms with Gasteiger partial charge in [-0.05, 0) is 0 Å².